The number of unbranched alkanes of at least 4 members (excludes halogenated alkanes) is 1. The maximum atomic E-state index is 5.46. The van der Waals surface area contributed by atoms with Crippen molar-refractivity contribution in [2.24, 2.45) is 0 Å². The second-order valence-electron chi connectivity index (χ2n) is 5.73. The Bertz CT molecular complexity index is 334. The summed E-state index contributed by atoms with van der Waals surface area (Å²) in [5, 5.41) is 3.58. The molecule has 0 aromatic heterocycles. The first kappa shape index (κ1) is 16.2. The predicted molar refractivity (Wildman–Crippen MR) is 82.4 cm³/mol. The molecule has 0 saturated heterocycles. The van der Waals surface area contributed by atoms with Gasteiger partial charge in [0.05, 0.1) is 5.60 Å². The summed E-state index contributed by atoms with van der Waals surface area (Å²) in [7, 11) is 1.80. The molecule has 0 heterocycles. The molecule has 2 nitrogen and oxygen atoms in total. The van der Waals surface area contributed by atoms with E-state index in [0.717, 1.165) is 13.0 Å². The molecule has 1 aromatic rings. The fourth-order valence-electron chi connectivity index (χ4n) is 2.32. The Kier molecular flexibility index (Phi) is 7.11. The van der Waals surface area contributed by atoms with Crippen molar-refractivity contribution in [3.05, 3.63) is 35.9 Å². The van der Waals surface area contributed by atoms with Gasteiger partial charge in [-0.15, -0.1) is 0 Å². The van der Waals surface area contributed by atoms with Crippen LogP contribution in [0.3, 0.4) is 0 Å². The fraction of sp³-hybridized carbons (Fsp3) is 0.647. The summed E-state index contributed by atoms with van der Waals surface area (Å²) in [5.74, 6) is 0. The molecule has 108 valence electrons. The van der Waals surface area contributed by atoms with Crippen molar-refractivity contribution in [1.29, 1.82) is 0 Å². The lowest BCUT2D eigenvalue weighted by Gasteiger charge is -2.23. The lowest BCUT2D eigenvalue weighted by Crippen LogP contribution is -2.23. The van der Waals surface area contributed by atoms with E-state index < -0.39 is 0 Å². The molecular formula is C17H29NO. The molecule has 0 fully saturated rings. The quantitative estimate of drug-likeness (QED) is 0.670. The van der Waals surface area contributed by atoms with Crippen LogP contribution in [0.15, 0.2) is 30.3 Å². The molecule has 19 heavy (non-hydrogen) atoms. The zero-order valence-corrected chi connectivity index (χ0v) is 12.9. The molecule has 0 radical (unpaired) electrons. The van der Waals surface area contributed by atoms with E-state index in [-0.39, 0.29) is 5.60 Å². The molecule has 1 N–H and O–H groups in total. The van der Waals surface area contributed by atoms with Crippen LogP contribution in [0.4, 0.5) is 0 Å². The van der Waals surface area contributed by atoms with Gasteiger partial charge in [0.25, 0.3) is 0 Å². The van der Waals surface area contributed by atoms with Crippen molar-refractivity contribution in [2.75, 3.05) is 13.7 Å². The average molecular weight is 263 g/mol. The maximum Gasteiger partial charge on any atom is 0.0622 e. The van der Waals surface area contributed by atoms with Gasteiger partial charge in [-0.05, 0) is 38.8 Å². The zero-order chi connectivity index (χ0) is 14.1. The van der Waals surface area contributed by atoms with Gasteiger partial charge in [0.15, 0.2) is 0 Å². The van der Waals surface area contributed by atoms with Crippen LogP contribution in [0.5, 0.6) is 0 Å². The van der Waals surface area contributed by atoms with E-state index in [9.17, 15) is 0 Å². The largest absolute Gasteiger partial charge is 0.379 e. The van der Waals surface area contributed by atoms with Crippen LogP contribution in [0.25, 0.3) is 0 Å². The molecule has 1 atom stereocenters. The number of ether oxygens (including phenoxy) is 1. The monoisotopic (exact) mass is 263 g/mol. The maximum absolute atomic E-state index is 5.46. The first-order chi connectivity index (χ1) is 9.09. The van der Waals surface area contributed by atoms with Gasteiger partial charge in [0.1, 0.15) is 0 Å². The van der Waals surface area contributed by atoms with Crippen LogP contribution in [0.2, 0.25) is 0 Å². The molecule has 0 aliphatic rings. The van der Waals surface area contributed by atoms with E-state index in [1.807, 2.05) is 0 Å². The van der Waals surface area contributed by atoms with Crippen molar-refractivity contribution in [3.63, 3.8) is 0 Å². The lowest BCUT2D eigenvalue weighted by molar-refractivity contribution is 0.0133. The normalized spacial score (nSPS) is 13.5. The molecular weight excluding hydrogens is 234 g/mol. The highest BCUT2D eigenvalue weighted by Gasteiger charge is 2.16. The number of benzene rings is 1. The Morgan fingerprint density at radius 3 is 2.42 bits per heavy atom. The van der Waals surface area contributed by atoms with E-state index in [2.05, 4.69) is 56.4 Å². The summed E-state index contributed by atoms with van der Waals surface area (Å²) in [6.07, 6.45) is 4.77. The van der Waals surface area contributed by atoms with Crippen molar-refractivity contribution in [3.8, 4) is 0 Å². The Morgan fingerprint density at radius 1 is 1.16 bits per heavy atom. The molecule has 0 saturated carbocycles. The molecule has 2 heteroatoms. The first-order valence-corrected chi connectivity index (χ1v) is 7.42. The summed E-state index contributed by atoms with van der Waals surface area (Å²) in [5.41, 5.74) is 1.41. The summed E-state index contributed by atoms with van der Waals surface area (Å²) >= 11 is 0. The Labute approximate surface area is 118 Å². The smallest absolute Gasteiger partial charge is 0.0622 e. The lowest BCUT2D eigenvalue weighted by atomic mass is 9.96. The van der Waals surface area contributed by atoms with Crippen molar-refractivity contribution in [2.45, 2.75) is 58.1 Å². The summed E-state index contributed by atoms with van der Waals surface area (Å²) < 4.78 is 5.46. The number of hydrogen-bond donors (Lipinski definition) is 1. The van der Waals surface area contributed by atoms with Gasteiger partial charge in [-0.25, -0.2) is 0 Å². The number of methoxy groups -OCH3 is 1. The standard InChI is InChI=1S/C17H29NO/c1-5-18-16(15-11-7-6-8-12-15)13-9-10-14-17(2,3)19-4/h6-8,11-12,16,18H,5,9-10,13-14H2,1-4H3. The highest BCUT2D eigenvalue weighted by Crippen LogP contribution is 2.22. The Morgan fingerprint density at radius 2 is 1.84 bits per heavy atom. The second kappa shape index (κ2) is 8.34. The molecule has 0 amide bonds. The van der Waals surface area contributed by atoms with Gasteiger partial charge in [0.2, 0.25) is 0 Å². The van der Waals surface area contributed by atoms with Crippen molar-refractivity contribution < 1.29 is 4.74 Å². The van der Waals surface area contributed by atoms with Crippen molar-refractivity contribution in [1.82, 2.24) is 5.32 Å². The van der Waals surface area contributed by atoms with Crippen molar-refractivity contribution >= 4 is 0 Å². The summed E-state index contributed by atoms with van der Waals surface area (Å²) in [4.78, 5) is 0. The first-order valence-electron chi connectivity index (χ1n) is 7.42. The Balaban J connectivity index is 2.39. The van der Waals surface area contributed by atoms with Gasteiger partial charge < -0.3 is 10.1 Å². The molecule has 0 aliphatic heterocycles. The topological polar surface area (TPSA) is 21.3 Å². The number of hydrogen-bond acceptors (Lipinski definition) is 2. The van der Waals surface area contributed by atoms with E-state index in [4.69, 9.17) is 4.74 Å². The van der Waals surface area contributed by atoms with E-state index >= 15 is 0 Å². The van der Waals surface area contributed by atoms with Crippen LogP contribution in [-0.2, 0) is 4.74 Å². The third-order valence-electron chi connectivity index (χ3n) is 3.73. The summed E-state index contributed by atoms with van der Waals surface area (Å²) in [6, 6.07) is 11.2. The minimum atomic E-state index is 0.0143. The van der Waals surface area contributed by atoms with Gasteiger partial charge in [0, 0.05) is 13.2 Å². The van der Waals surface area contributed by atoms with Gasteiger partial charge >= 0.3 is 0 Å². The molecule has 1 rings (SSSR count). The minimum Gasteiger partial charge on any atom is -0.379 e. The number of rotatable bonds is 9. The molecule has 0 aliphatic carbocycles. The molecule has 1 unspecified atom stereocenters. The van der Waals surface area contributed by atoms with Gasteiger partial charge in [-0.3, -0.25) is 0 Å². The molecule has 1 aromatic carbocycles. The number of nitrogens with one attached hydrogen (secondary N) is 1. The summed E-state index contributed by atoms with van der Waals surface area (Å²) in [6.45, 7) is 7.51. The van der Waals surface area contributed by atoms with Crippen LogP contribution >= 0.6 is 0 Å². The predicted octanol–water partition coefficient (Wildman–Crippen LogP) is 4.32. The van der Waals surface area contributed by atoms with Crippen LogP contribution in [0, 0.1) is 0 Å². The van der Waals surface area contributed by atoms with E-state index in [0.29, 0.717) is 6.04 Å². The van der Waals surface area contributed by atoms with E-state index in [1.54, 1.807) is 7.11 Å². The van der Waals surface area contributed by atoms with Crippen LogP contribution in [-0.4, -0.2) is 19.3 Å². The van der Waals surface area contributed by atoms with Gasteiger partial charge in [-0.2, -0.15) is 0 Å². The average Bonchev–Trinajstić information content (AvgIpc) is 2.43. The minimum absolute atomic E-state index is 0.0143. The van der Waals surface area contributed by atoms with E-state index in [1.165, 1.54) is 24.8 Å². The third kappa shape index (κ3) is 6.22. The van der Waals surface area contributed by atoms with Crippen LogP contribution < -0.4 is 5.32 Å². The molecule has 0 bridgehead atoms. The fourth-order valence-corrected chi connectivity index (χ4v) is 2.32. The highest BCUT2D eigenvalue weighted by atomic mass is 16.5. The zero-order valence-electron chi connectivity index (χ0n) is 12.9. The van der Waals surface area contributed by atoms with Gasteiger partial charge in [-0.1, -0.05) is 50.1 Å². The third-order valence-corrected chi connectivity index (χ3v) is 3.73. The second-order valence-corrected chi connectivity index (χ2v) is 5.73. The SMILES string of the molecule is CCNC(CCCCC(C)(C)OC)c1ccccc1. The van der Waals surface area contributed by atoms with Crippen LogP contribution in [0.1, 0.15) is 58.1 Å². The Hall–Kier alpha value is -0.860. The highest BCUT2D eigenvalue weighted by molar-refractivity contribution is 5.18. The molecule has 0 spiro atoms.